The summed E-state index contributed by atoms with van der Waals surface area (Å²) in [7, 11) is -3.22. The maximum absolute atomic E-state index is 12.3. The van der Waals surface area contributed by atoms with Crippen molar-refractivity contribution >= 4 is 33.7 Å². The summed E-state index contributed by atoms with van der Waals surface area (Å²) in [5.74, 6) is -0.269. The maximum atomic E-state index is 12.3. The molecule has 1 rings (SSSR count). The van der Waals surface area contributed by atoms with Gasteiger partial charge in [0.1, 0.15) is 6.54 Å². The van der Waals surface area contributed by atoms with Gasteiger partial charge in [0, 0.05) is 25.6 Å². The molecule has 9 heteroatoms. The molecule has 0 spiro atoms. The van der Waals surface area contributed by atoms with Gasteiger partial charge in [-0.25, -0.2) is 12.7 Å². The minimum Gasteiger partial charge on any atom is -0.480 e. The second-order valence-electron chi connectivity index (χ2n) is 5.54. The van der Waals surface area contributed by atoms with E-state index in [1.165, 1.54) is 9.21 Å². The Morgan fingerprint density at radius 3 is 2.39 bits per heavy atom. The Morgan fingerprint density at radius 2 is 1.91 bits per heavy atom. The number of thioether (sulfide) groups is 1. The molecule has 0 saturated carbocycles. The third-order valence-electron chi connectivity index (χ3n) is 3.99. The quantitative estimate of drug-likeness (QED) is 0.608. The summed E-state index contributed by atoms with van der Waals surface area (Å²) in [6.45, 7) is 1.97. The SMILES string of the molecule is CCS(=O)(=O)N1CCC(N(CC(=O)O)C(=O)CCCSC)CC1. The zero-order valence-electron chi connectivity index (χ0n) is 13.7. The molecule has 0 aromatic rings. The van der Waals surface area contributed by atoms with Crippen molar-refractivity contribution in [1.29, 1.82) is 0 Å². The molecule has 1 N–H and O–H groups in total. The lowest BCUT2D eigenvalue weighted by atomic mass is 10.0. The normalized spacial score (nSPS) is 17.1. The van der Waals surface area contributed by atoms with Gasteiger partial charge in [-0.15, -0.1) is 0 Å². The summed E-state index contributed by atoms with van der Waals surface area (Å²) < 4.78 is 25.2. The Labute approximate surface area is 142 Å². The Bertz CT molecular complexity index is 501. The predicted molar refractivity (Wildman–Crippen MR) is 91.0 cm³/mol. The van der Waals surface area contributed by atoms with Crippen LogP contribution in [0, 0.1) is 0 Å². The van der Waals surface area contributed by atoms with Crippen molar-refractivity contribution in [2.75, 3.05) is 37.4 Å². The van der Waals surface area contributed by atoms with Gasteiger partial charge in [-0.05, 0) is 38.2 Å². The molecule has 0 radical (unpaired) electrons. The Kier molecular flexibility index (Phi) is 8.35. The van der Waals surface area contributed by atoms with Crippen LogP contribution in [0.4, 0.5) is 0 Å². The molecule has 7 nitrogen and oxygen atoms in total. The van der Waals surface area contributed by atoms with Gasteiger partial charge >= 0.3 is 5.97 Å². The molecule has 134 valence electrons. The molecule has 23 heavy (non-hydrogen) atoms. The molecule has 0 aromatic heterocycles. The fourth-order valence-electron chi connectivity index (χ4n) is 2.69. The van der Waals surface area contributed by atoms with Crippen LogP contribution >= 0.6 is 11.8 Å². The average Bonchev–Trinajstić information content (AvgIpc) is 2.52. The highest BCUT2D eigenvalue weighted by molar-refractivity contribution is 7.98. The first kappa shape index (κ1) is 20.2. The smallest absolute Gasteiger partial charge is 0.323 e. The number of amides is 1. The van der Waals surface area contributed by atoms with Gasteiger partial charge in [-0.2, -0.15) is 11.8 Å². The number of hydrogen-bond acceptors (Lipinski definition) is 5. The van der Waals surface area contributed by atoms with Crippen LogP contribution in [0.3, 0.4) is 0 Å². The van der Waals surface area contributed by atoms with Crippen LogP contribution in [-0.4, -0.2) is 78.0 Å². The number of carboxylic acid groups (broad SMARTS) is 1. The fraction of sp³-hybridized carbons (Fsp3) is 0.857. The molecule has 1 heterocycles. The highest BCUT2D eigenvalue weighted by Crippen LogP contribution is 2.20. The van der Waals surface area contributed by atoms with Crippen LogP contribution in [-0.2, 0) is 19.6 Å². The van der Waals surface area contributed by atoms with E-state index in [1.807, 2.05) is 6.26 Å². The van der Waals surface area contributed by atoms with E-state index in [1.54, 1.807) is 18.7 Å². The van der Waals surface area contributed by atoms with E-state index < -0.39 is 16.0 Å². The monoisotopic (exact) mass is 366 g/mol. The lowest BCUT2D eigenvalue weighted by Crippen LogP contribution is -2.50. The van der Waals surface area contributed by atoms with Crippen LogP contribution in [0.5, 0.6) is 0 Å². The zero-order valence-corrected chi connectivity index (χ0v) is 15.4. The van der Waals surface area contributed by atoms with Crippen molar-refractivity contribution in [2.24, 2.45) is 0 Å². The Morgan fingerprint density at radius 1 is 1.30 bits per heavy atom. The highest BCUT2D eigenvalue weighted by Gasteiger charge is 2.32. The molecule has 1 aliphatic heterocycles. The van der Waals surface area contributed by atoms with Crippen molar-refractivity contribution in [3.8, 4) is 0 Å². The summed E-state index contributed by atoms with van der Waals surface area (Å²) in [6.07, 6.45) is 3.99. The van der Waals surface area contributed by atoms with Crippen LogP contribution in [0.15, 0.2) is 0 Å². The maximum Gasteiger partial charge on any atom is 0.323 e. The number of hydrogen-bond donors (Lipinski definition) is 1. The molecular formula is C14H26N2O5S2. The molecule has 1 aliphatic rings. The molecule has 1 saturated heterocycles. The number of aliphatic carboxylic acids is 1. The van der Waals surface area contributed by atoms with Gasteiger partial charge in [-0.3, -0.25) is 9.59 Å². The second kappa shape index (κ2) is 9.48. The minimum absolute atomic E-state index is 0.0596. The number of sulfonamides is 1. The molecule has 1 fully saturated rings. The first-order chi connectivity index (χ1) is 10.8. The summed E-state index contributed by atoms with van der Waals surface area (Å²) in [4.78, 5) is 24.8. The predicted octanol–water partition coefficient (Wildman–Crippen LogP) is 0.857. The molecule has 1 amide bonds. The topological polar surface area (TPSA) is 95.0 Å². The van der Waals surface area contributed by atoms with E-state index in [4.69, 9.17) is 5.11 Å². The number of carboxylic acids is 1. The van der Waals surface area contributed by atoms with Crippen LogP contribution in [0.25, 0.3) is 0 Å². The lowest BCUT2D eigenvalue weighted by molar-refractivity contribution is -0.146. The number of rotatable bonds is 9. The average molecular weight is 367 g/mol. The fourth-order valence-corrected chi connectivity index (χ4v) is 4.26. The first-order valence-corrected chi connectivity index (χ1v) is 10.8. The second-order valence-corrected chi connectivity index (χ2v) is 8.79. The van der Waals surface area contributed by atoms with Crippen molar-refractivity contribution in [3.63, 3.8) is 0 Å². The van der Waals surface area contributed by atoms with Gasteiger partial charge in [0.15, 0.2) is 0 Å². The van der Waals surface area contributed by atoms with E-state index >= 15 is 0 Å². The van der Waals surface area contributed by atoms with Crippen LogP contribution in [0.2, 0.25) is 0 Å². The summed E-state index contributed by atoms with van der Waals surface area (Å²) in [5.41, 5.74) is 0. The molecule has 0 bridgehead atoms. The molecule has 0 unspecified atom stereocenters. The number of nitrogens with zero attached hydrogens (tertiary/aromatic N) is 2. The standard InChI is InChI=1S/C14H26N2O5S2/c1-3-23(20,21)15-8-6-12(7-9-15)16(11-14(18)19)13(17)5-4-10-22-2/h12H,3-11H2,1-2H3,(H,18,19). The van der Waals surface area contributed by atoms with Gasteiger partial charge in [0.2, 0.25) is 15.9 Å². The van der Waals surface area contributed by atoms with Gasteiger partial charge in [-0.1, -0.05) is 0 Å². The van der Waals surface area contributed by atoms with Crippen molar-refractivity contribution in [1.82, 2.24) is 9.21 Å². The third kappa shape index (κ3) is 6.31. The summed E-state index contributed by atoms with van der Waals surface area (Å²) in [5, 5.41) is 9.05. The van der Waals surface area contributed by atoms with E-state index in [-0.39, 0.29) is 24.2 Å². The number of carbonyl (C=O) groups is 2. The zero-order chi connectivity index (χ0) is 17.5. The van der Waals surface area contributed by atoms with E-state index in [0.29, 0.717) is 32.4 Å². The first-order valence-electron chi connectivity index (χ1n) is 7.79. The molecule has 0 atom stereocenters. The third-order valence-corrected chi connectivity index (χ3v) is 6.57. The van der Waals surface area contributed by atoms with Gasteiger partial charge < -0.3 is 10.0 Å². The van der Waals surface area contributed by atoms with Gasteiger partial charge in [0.25, 0.3) is 0 Å². The molecule has 0 aromatic carbocycles. The number of carbonyl (C=O) groups excluding carboxylic acids is 1. The summed E-state index contributed by atoms with van der Waals surface area (Å²) >= 11 is 1.65. The van der Waals surface area contributed by atoms with E-state index in [9.17, 15) is 18.0 Å². The van der Waals surface area contributed by atoms with Crippen molar-refractivity contribution < 1.29 is 23.1 Å². The Balaban J connectivity index is 2.67. The Hall–Kier alpha value is -0.800. The van der Waals surface area contributed by atoms with Crippen LogP contribution in [0.1, 0.15) is 32.6 Å². The lowest BCUT2D eigenvalue weighted by Gasteiger charge is -2.37. The van der Waals surface area contributed by atoms with Crippen molar-refractivity contribution in [2.45, 2.75) is 38.6 Å². The molecule has 0 aliphatic carbocycles. The minimum atomic E-state index is -3.22. The molecular weight excluding hydrogens is 340 g/mol. The van der Waals surface area contributed by atoms with Crippen molar-refractivity contribution in [3.05, 3.63) is 0 Å². The number of piperidine rings is 1. The summed E-state index contributed by atoms with van der Waals surface area (Å²) in [6, 6.07) is -0.198. The van der Waals surface area contributed by atoms with Gasteiger partial charge in [0.05, 0.1) is 5.75 Å². The largest absolute Gasteiger partial charge is 0.480 e. The highest BCUT2D eigenvalue weighted by atomic mass is 32.2. The van der Waals surface area contributed by atoms with E-state index in [0.717, 1.165) is 12.2 Å². The van der Waals surface area contributed by atoms with Crippen LogP contribution < -0.4 is 0 Å². The van der Waals surface area contributed by atoms with E-state index in [2.05, 4.69) is 0 Å².